The summed E-state index contributed by atoms with van der Waals surface area (Å²) in [7, 11) is 0. The Balaban J connectivity index is 4.20. The van der Waals surface area contributed by atoms with Crippen LogP contribution in [0.25, 0.3) is 0 Å². The molecule has 58 heavy (non-hydrogen) atoms. The molecule has 0 heterocycles. The molecule has 3 atom stereocenters. The summed E-state index contributed by atoms with van der Waals surface area (Å²) < 4.78 is 0. The fourth-order valence-corrected chi connectivity index (χ4v) is 8.14. The van der Waals surface area contributed by atoms with Crippen LogP contribution in [-0.2, 0) is 0 Å². The van der Waals surface area contributed by atoms with Gasteiger partial charge in [0.05, 0.1) is 18.3 Å². The predicted molar refractivity (Wildman–Crippen MR) is 259 cm³/mol. The minimum atomic E-state index is -0.146. The van der Waals surface area contributed by atoms with E-state index < -0.39 is 0 Å². The van der Waals surface area contributed by atoms with Crippen molar-refractivity contribution in [2.45, 2.75) is 289 Å². The van der Waals surface area contributed by atoms with E-state index in [1.54, 1.807) is 0 Å². The summed E-state index contributed by atoms with van der Waals surface area (Å²) in [4.78, 5) is 2.80. The minimum Gasteiger partial charge on any atom is -0.393 e. The largest absolute Gasteiger partial charge is 0.393 e. The lowest BCUT2D eigenvalue weighted by molar-refractivity contribution is 0.163. The average Bonchev–Trinajstić information content (AvgIpc) is 3.22. The monoisotopic (exact) mass is 816 g/mol. The molecule has 0 aromatic carbocycles. The van der Waals surface area contributed by atoms with Gasteiger partial charge in [0.1, 0.15) is 0 Å². The number of unbranched alkanes of at least 4 members (excludes halogenated alkanes) is 27. The van der Waals surface area contributed by atoms with Gasteiger partial charge in [0.25, 0.3) is 0 Å². The maximum atomic E-state index is 10.2. The number of nitrogens with zero attached hydrogens (tertiary/aromatic N) is 1. The number of rotatable bonds is 48. The molecule has 4 nitrogen and oxygen atoms in total. The van der Waals surface area contributed by atoms with Crippen LogP contribution in [0.1, 0.15) is 271 Å². The Morgan fingerprint density at radius 3 is 0.810 bits per heavy atom. The lowest BCUT2D eigenvalue weighted by Gasteiger charge is -2.22. The Hall–Kier alpha value is -0.940. The minimum absolute atomic E-state index is 0.146. The van der Waals surface area contributed by atoms with E-state index in [1.807, 2.05) is 0 Å². The van der Waals surface area contributed by atoms with E-state index in [9.17, 15) is 15.3 Å². The van der Waals surface area contributed by atoms with Crippen LogP contribution >= 0.6 is 0 Å². The van der Waals surface area contributed by atoms with Crippen LogP contribution in [0, 0.1) is 0 Å². The van der Waals surface area contributed by atoms with Gasteiger partial charge in [-0.25, -0.2) is 0 Å². The van der Waals surface area contributed by atoms with Crippen molar-refractivity contribution in [3.63, 3.8) is 0 Å². The molecular weight excluding hydrogens is 711 g/mol. The quantitative estimate of drug-likeness (QED) is 0.0423. The van der Waals surface area contributed by atoms with Crippen LogP contribution in [-0.4, -0.2) is 58.2 Å². The van der Waals surface area contributed by atoms with Gasteiger partial charge in [-0.3, -0.25) is 0 Å². The first-order valence-electron chi connectivity index (χ1n) is 26.2. The molecule has 0 unspecified atom stereocenters. The van der Waals surface area contributed by atoms with Gasteiger partial charge < -0.3 is 20.2 Å². The summed E-state index contributed by atoms with van der Waals surface area (Å²) in [5.74, 6) is 0. The first kappa shape index (κ1) is 57.1. The van der Waals surface area contributed by atoms with Crippen molar-refractivity contribution in [2.24, 2.45) is 0 Å². The van der Waals surface area contributed by atoms with E-state index in [1.165, 1.54) is 232 Å². The highest BCUT2D eigenvalue weighted by atomic mass is 16.3. The summed E-state index contributed by atoms with van der Waals surface area (Å²) in [6.07, 6.45) is 61.2. The first-order valence-corrected chi connectivity index (χ1v) is 26.2. The van der Waals surface area contributed by atoms with Crippen LogP contribution in [0.5, 0.6) is 0 Å². The Morgan fingerprint density at radius 1 is 0.293 bits per heavy atom. The Morgan fingerprint density at radius 2 is 0.534 bits per heavy atom. The molecule has 0 radical (unpaired) electrons. The molecule has 0 rings (SSSR count). The molecule has 0 aliphatic rings. The first-order chi connectivity index (χ1) is 28.5. The standard InChI is InChI=1S/C54H105NO3/c1-4-7-10-34-43-52(56)46-37-28-22-16-13-19-25-31-40-49-55(50-41-32-26-20-14-17-23-29-38-47-53(57)44-35-11-8-5-2)51-42-33-27-21-15-18-24-30-39-48-54(58)45-36-12-9-6-3/h28-30,37-39,52-54,56-58H,4-27,31-36,40-51H2,1-3H3/t52-,53-,54-/m1/s1. The summed E-state index contributed by atoms with van der Waals surface area (Å²) in [6.45, 7) is 10.6. The van der Waals surface area contributed by atoms with Gasteiger partial charge in [0.15, 0.2) is 0 Å². The molecule has 0 saturated carbocycles. The fourth-order valence-electron chi connectivity index (χ4n) is 8.14. The second-order valence-electron chi connectivity index (χ2n) is 18.2. The summed E-state index contributed by atoms with van der Waals surface area (Å²) >= 11 is 0. The summed E-state index contributed by atoms with van der Waals surface area (Å²) in [6, 6.07) is 0. The smallest absolute Gasteiger partial charge is 0.0574 e. The molecule has 0 aromatic rings. The normalized spacial score (nSPS) is 13.9. The number of aliphatic hydroxyl groups excluding tert-OH is 3. The third-order valence-electron chi connectivity index (χ3n) is 12.2. The van der Waals surface area contributed by atoms with Gasteiger partial charge >= 0.3 is 0 Å². The molecule has 0 aromatic heterocycles. The Bertz CT molecular complexity index is 746. The van der Waals surface area contributed by atoms with Gasteiger partial charge in [-0.2, -0.15) is 0 Å². The van der Waals surface area contributed by atoms with Crippen molar-refractivity contribution in [1.29, 1.82) is 0 Å². The highest BCUT2D eigenvalue weighted by Gasteiger charge is 2.06. The molecule has 0 aliphatic carbocycles. The molecule has 4 heteroatoms. The second-order valence-corrected chi connectivity index (χ2v) is 18.2. The number of aliphatic hydroxyl groups is 3. The third-order valence-corrected chi connectivity index (χ3v) is 12.2. The lowest BCUT2D eigenvalue weighted by atomic mass is 10.1. The molecule has 0 amide bonds. The van der Waals surface area contributed by atoms with Gasteiger partial charge in [0.2, 0.25) is 0 Å². The number of hydrogen-bond donors (Lipinski definition) is 3. The average molecular weight is 816 g/mol. The molecule has 0 aliphatic heterocycles. The van der Waals surface area contributed by atoms with E-state index in [0.717, 1.165) is 38.5 Å². The van der Waals surface area contributed by atoms with E-state index in [2.05, 4.69) is 62.1 Å². The van der Waals surface area contributed by atoms with Crippen molar-refractivity contribution in [3.05, 3.63) is 36.5 Å². The molecule has 3 N–H and O–H groups in total. The third kappa shape index (κ3) is 46.1. The molecule has 344 valence electrons. The zero-order valence-electron chi connectivity index (χ0n) is 39.7. The van der Waals surface area contributed by atoms with Gasteiger partial charge in [-0.1, -0.05) is 211 Å². The SMILES string of the molecule is CCCCCC[C@@H](O)CC=CCCCCCCCCN(CCCCCCCCC=CC[C@H](O)CCCCCC)CCCCCCCCC=CC[C@H](O)CCCCCC. The molecular formula is C54H105NO3. The van der Waals surface area contributed by atoms with Crippen LogP contribution in [0.2, 0.25) is 0 Å². The van der Waals surface area contributed by atoms with E-state index >= 15 is 0 Å². The van der Waals surface area contributed by atoms with E-state index in [-0.39, 0.29) is 18.3 Å². The van der Waals surface area contributed by atoms with Crippen LogP contribution in [0.4, 0.5) is 0 Å². The summed E-state index contributed by atoms with van der Waals surface area (Å²) in [5.41, 5.74) is 0. The zero-order chi connectivity index (χ0) is 42.3. The van der Waals surface area contributed by atoms with Gasteiger partial charge in [-0.15, -0.1) is 0 Å². The lowest BCUT2D eigenvalue weighted by Crippen LogP contribution is -2.27. The maximum Gasteiger partial charge on any atom is 0.0574 e. The van der Waals surface area contributed by atoms with Crippen molar-refractivity contribution in [2.75, 3.05) is 19.6 Å². The van der Waals surface area contributed by atoms with E-state index in [4.69, 9.17) is 0 Å². The maximum absolute atomic E-state index is 10.2. The van der Waals surface area contributed by atoms with Crippen LogP contribution in [0.3, 0.4) is 0 Å². The highest BCUT2D eigenvalue weighted by Crippen LogP contribution is 2.15. The van der Waals surface area contributed by atoms with E-state index in [0.29, 0.717) is 0 Å². The van der Waals surface area contributed by atoms with Gasteiger partial charge in [0, 0.05) is 0 Å². The van der Waals surface area contributed by atoms with Crippen molar-refractivity contribution < 1.29 is 15.3 Å². The van der Waals surface area contributed by atoms with Crippen molar-refractivity contribution in [1.82, 2.24) is 4.90 Å². The molecule has 0 fully saturated rings. The Labute approximate surface area is 364 Å². The number of hydrogen-bond acceptors (Lipinski definition) is 4. The van der Waals surface area contributed by atoms with Crippen LogP contribution < -0.4 is 0 Å². The Kier molecular flexibility index (Phi) is 47.9. The fraction of sp³-hybridized carbons (Fsp3) is 0.889. The predicted octanol–water partition coefficient (Wildman–Crippen LogP) is 16.3. The second kappa shape index (κ2) is 48.7. The topological polar surface area (TPSA) is 63.9 Å². The molecule has 0 saturated heterocycles. The van der Waals surface area contributed by atoms with Crippen molar-refractivity contribution >= 4 is 0 Å². The number of allylic oxidation sites excluding steroid dienone is 3. The van der Waals surface area contributed by atoms with Gasteiger partial charge in [-0.05, 0) is 116 Å². The summed E-state index contributed by atoms with van der Waals surface area (Å²) in [5, 5.41) is 30.5. The zero-order valence-corrected chi connectivity index (χ0v) is 39.7. The molecule has 0 bridgehead atoms. The molecule has 0 spiro atoms. The van der Waals surface area contributed by atoms with Crippen LogP contribution in [0.15, 0.2) is 36.5 Å². The highest BCUT2D eigenvalue weighted by molar-refractivity contribution is 4.85. The van der Waals surface area contributed by atoms with Crippen molar-refractivity contribution in [3.8, 4) is 0 Å².